The second kappa shape index (κ2) is 8.81. The fourth-order valence-corrected chi connectivity index (χ4v) is 3.72. The van der Waals surface area contributed by atoms with E-state index in [0.29, 0.717) is 16.3 Å². The highest BCUT2D eigenvalue weighted by Crippen LogP contribution is 2.56. The highest BCUT2D eigenvalue weighted by Gasteiger charge is 2.39. The Kier molecular flexibility index (Phi) is 6.53. The first-order valence-electron chi connectivity index (χ1n) is 9.42. The summed E-state index contributed by atoms with van der Waals surface area (Å²) >= 11 is 6.09. The fraction of sp³-hybridized carbons (Fsp3) is 0.182. The van der Waals surface area contributed by atoms with Gasteiger partial charge in [0.25, 0.3) is 0 Å². The van der Waals surface area contributed by atoms with Gasteiger partial charge >= 0.3 is 7.60 Å². The fourth-order valence-electron chi connectivity index (χ4n) is 3.04. The molecule has 31 heavy (non-hydrogen) atoms. The molecule has 0 aliphatic heterocycles. The van der Waals surface area contributed by atoms with Crippen LogP contribution >= 0.6 is 19.2 Å². The minimum atomic E-state index is -4.32. The van der Waals surface area contributed by atoms with Crippen LogP contribution in [-0.4, -0.2) is 25.5 Å². The van der Waals surface area contributed by atoms with Crippen molar-refractivity contribution in [1.82, 2.24) is 9.78 Å². The molecule has 0 radical (unpaired) electrons. The number of nitrogens with one attached hydrogen (secondary N) is 1. The van der Waals surface area contributed by atoms with Crippen LogP contribution in [0.2, 0.25) is 5.02 Å². The number of hydrogen-bond acceptors (Lipinski definition) is 3. The molecule has 0 aliphatic rings. The Morgan fingerprint density at radius 3 is 2.48 bits per heavy atom. The van der Waals surface area contributed by atoms with Crippen molar-refractivity contribution in [2.24, 2.45) is 7.05 Å². The van der Waals surface area contributed by atoms with Gasteiger partial charge in [0.15, 0.2) is 0 Å². The van der Waals surface area contributed by atoms with Gasteiger partial charge in [-0.05, 0) is 49.8 Å². The topological polar surface area (TPSA) is 104 Å². The molecule has 0 saturated heterocycles. The van der Waals surface area contributed by atoms with Gasteiger partial charge in [-0.25, -0.2) is 0 Å². The number of anilines is 1. The van der Waals surface area contributed by atoms with Gasteiger partial charge in [0.2, 0.25) is 5.91 Å². The molecule has 0 atom stereocenters. The Bertz CT molecular complexity index is 1180. The summed E-state index contributed by atoms with van der Waals surface area (Å²) in [5.41, 5.74) is 3.47. The molecule has 0 unspecified atom stereocenters. The van der Waals surface area contributed by atoms with Crippen LogP contribution in [0.1, 0.15) is 25.0 Å². The van der Waals surface area contributed by atoms with Gasteiger partial charge in [-0.1, -0.05) is 35.9 Å². The van der Waals surface area contributed by atoms with E-state index in [4.69, 9.17) is 11.6 Å². The number of aryl methyl sites for hydroxylation is 1. The van der Waals surface area contributed by atoms with Gasteiger partial charge < -0.3 is 15.1 Å². The highest BCUT2D eigenvalue weighted by molar-refractivity contribution is 7.53. The van der Waals surface area contributed by atoms with Crippen molar-refractivity contribution in [2.75, 3.05) is 5.32 Å². The van der Waals surface area contributed by atoms with E-state index in [0.717, 1.165) is 16.8 Å². The Labute approximate surface area is 185 Å². The van der Waals surface area contributed by atoms with Crippen molar-refractivity contribution in [3.63, 3.8) is 0 Å². The van der Waals surface area contributed by atoms with Crippen LogP contribution in [0.4, 0.5) is 5.69 Å². The quantitative estimate of drug-likeness (QED) is 0.362. The first-order chi connectivity index (χ1) is 14.5. The maximum atomic E-state index is 12.4. The first kappa shape index (κ1) is 23.0. The lowest BCUT2D eigenvalue weighted by atomic mass is 10.0. The number of amides is 1. The van der Waals surface area contributed by atoms with Gasteiger partial charge in [-0.3, -0.25) is 14.0 Å². The van der Waals surface area contributed by atoms with Crippen molar-refractivity contribution in [2.45, 2.75) is 19.0 Å². The minimum absolute atomic E-state index is 0.345. The van der Waals surface area contributed by atoms with E-state index >= 15 is 0 Å². The van der Waals surface area contributed by atoms with E-state index in [2.05, 4.69) is 10.4 Å². The van der Waals surface area contributed by atoms with Crippen LogP contribution < -0.4 is 5.32 Å². The third-order valence-electron chi connectivity index (χ3n) is 5.07. The van der Waals surface area contributed by atoms with Crippen LogP contribution in [0.25, 0.3) is 17.3 Å². The normalized spacial score (nSPS) is 12.3. The van der Waals surface area contributed by atoms with Crippen LogP contribution in [0.3, 0.4) is 0 Å². The number of rotatable bonds is 6. The summed E-state index contributed by atoms with van der Waals surface area (Å²) in [5.74, 6) is -0.345. The second-order valence-electron chi connectivity index (χ2n) is 7.59. The van der Waals surface area contributed by atoms with Crippen molar-refractivity contribution < 1.29 is 19.1 Å². The molecular weight excluding hydrogens is 437 g/mol. The number of aromatic nitrogens is 2. The van der Waals surface area contributed by atoms with Gasteiger partial charge in [-0.2, -0.15) is 5.10 Å². The zero-order chi connectivity index (χ0) is 22.8. The van der Waals surface area contributed by atoms with Crippen LogP contribution in [-0.2, 0) is 21.6 Å². The van der Waals surface area contributed by atoms with Gasteiger partial charge in [0.05, 0.1) is 17.0 Å². The van der Waals surface area contributed by atoms with E-state index in [-0.39, 0.29) is 5.91 Å². The third kappa shape index (κ3) is 5.14. The van der Waals surface area contributed by atoms with Crippen LogP contribution in [0, 0.1) is 0 Å². The maximum absolute atomic E-state index is 12.4. The van der Waals surface area contributed by atoms with Crippen molar-refractivity contribution >= 4 is 36.9 Å². The summed E-state index contributed by atoms with van der Waals surface area (Å²) in [4.78, 5) is 31.4. The van der Waals surface area contributed by atoms with Crippen molar-refractivity contribution in [3.05, 3.63) is 77.0 Å². The van der Waals surface area contributed by atoms with E-state index in [1.54, 1.807) is 47.3 Å². The van der Waals surface area contributed by atoms with Crippen molar-refractivity contribution in [3.8, 4) is 11.3 Å². The minimum Gasteiger partial charge on any atom is -0.324 e. The molecular formula is C22H23ClN3O4P. The molecule has 3 aromatic rings. The van der Waals surface area contributed by atoms with Crippen LogP contribution in [0.5, 0.6) is 0 Å². The summed E-state index contributed by atoms with van der Waals surface area (Å²) in [5, 5.41) is 6.30. The molecule has 0 aliphatic carbocycles. The average molecular weight is 460 g/mol. The number of hydrogen-bond donors (Lipinski definition) is 3. The summed E-state index contributed by atoms with van der Waals surface area (Å²) in [6.07, 6.45) is 4.74. The number of carbonyl (C=O) groups is 1. The lowest BCUT2D eigenvalue weighted by Crippen LogP contribution is -2.17. The largest absolute Gasteiger partial charge is 0.335 e. The van der Waals surface area contributed by atoms with E-state index in [1.807, 2.05) is 25.2 Å². The molecule has 7 nitrogen and oxygen atoms in total. The zero-order valence-corrected chi connectivity index (χ0v) is 18.9. The lowest BCUT2D eigenvalue weighted by Gasteiger charge is -2.26. The molecule has 162 valence electrons. The summed E-state index contributed by atoms with van der Waals surface area (Å²) in [6, 6.07) is 13.8. The maximum Gasteiger partial charge on any atom is 0.335 e. The van der Waals surface area contributed by atoms with E-state index in [1.165, 1.54) is 19.9 Å². The Morgan fingerprint density at radius 1 is 1.19 bits per heavy atom. The molecule has 2 aromatic carbocycles. The average Bonchev–Trinajstić information content (AvgIpc) is 3.06. The SMILES string of the molecule is Cn1ncc(C=CC(=O)Nc2ccc(C(C)(C)P(=O)(O)O)cc2)c1-c1cccc(Cl)c1. The monoisotopic (exact) mass is 459 g/mol. The number of nitrogens with zero attached hydrogens (tertiary/aromatic N) is 2. The molecule has 1 amide bonds. The van der Waals surface area contributed by atoms with Crippen LogP contribution in [0.15, 0.2) is 60.8 Å². The summed E-state index contributed by atoms with van der Waals surface area (Å²) < 4.78 is 13.4. The zero-order valence-electron chi connectivity index (χ0n) is 17.3. The number of halogens is 1. The second-order valence-corrected chi connectivity index (χ2v) is 10.2. The molecule has 0 fully saturated rings. The molecule has 9 heteroatoms. The van der Waals surface area contributed by atoms with Gasteiger partial charge in [-0.15, -0.1) is 0 Å². The Morgan fingerprint density at radius 2 is 1.87 bits per heavy atom. The smallest absolute Gasteiger partial charge is 0.324 e. The molecule has 1 aromatic heterocycles. The van der Waals surface area contributed by atoms with Gasteiger partial charge in [0, 0.05) is 35.0 Å². The summed E-state index contributed by atoms with van der Waals surface area (Å²) in [7, 11) is -2.51. The molecule has 1 heterocycles. The van der Waals surface area contributed by atoms with E-state index < -0.39 is 12.8 Å². The van der Waals surface area contributed by atoms with Gasteiger partial charge in [0.1, 0.15) is 0 Å². The Hall–Kier alpha value is -2.70. The highest BCUT2D eigenvalue weighted by atomic mass is 35.5. The standard InChI is InChI=1S/C22H23ClN3O4P/c1-22(2,31(28,29)30)17-8-10-19(11-9-17)25-20(27)12-7-16-14-24-26(3)21(16)15-5-4-6-18(23)13-15/h4-14H,1-3H3,(H,25,27)(H2,28,29,30). The Balaban J connectivity index is 1.75. The lowest BCUT2D eigenvalue weighted by molar-refractivity contribution is -0.111. The molecule has 3 N–H and O–H groups in total. The predicted octanol–water partition coefficient (Wildman–Crippen LogP) is 4.81. The molecule has 0 saturated carbocycles. The molecule has 0 bridgehead atoms. The van der Waals surface area contributed by atoms with E-state index in [9.17, 15) is 19.1 Å². The molecule has 3 rings (SSSR count). The number of benzene rings is 2. The predicted molar refractivity (Wildman–Crippen MR) is 123 cm³/mol. The van der Waals surface area contributed by atoms with Crippen molar-refractivity contribution in [1.29, 1.82) is 0 Å². The first-order valence-corrected chi connectivity index (χ1v) is 11.4. The molecule has 0 spiro atoms. The summed E-state index contributed by atoms with van der Waals surface area (Å²) in [6.45, 7) is 2.96. The number of carbonyl (C=O) groups excluding carboxylic acids is 1. The third-order valence-corrected chi connectivity index (χ3v) is 7.02.